The number of piperidine rings is 1. The van der Waals surface area contributed by atoms with Gasteiger partial charge < -0.3 is 36.3 Å². The summed E-state index contributed by atoms with van der Waals surface area (Å²) in [7, 11) is 0. The lowest BCUT2D eigenvalue weighted by Gasteiger charge is -2.45. The van der Waals surface area contributed by atoms with E-state index in [-0.39, 0.29) is 93.8 Å². The summed E-state index contributed by atoms with van der Waals surface area (Å²) in [6, 6.07) is 7.63. The fourth-order valence-electron chi connectivity index (χ4n) is 7.91. The topological polar surface area (TPSA) is 219 Å². The molecule has 1 atom stereocenters. The summed E-state index contributed by atoms with van der Waals surface area (Å²) >= 11 is 6.55. The van der Waals surface area contributed by atoms with Gasteiger partial charge in [0.25, 0.3) is 11.8 Å². The Hall–Kier alpha value is -5.37. The highest BCUT2D eigenvalue weighted by molar-refractivity contribution is 6.34. The third-order valence-corrected chi connectivity index (χ3v) is 11.4. The molecular weight excluding hydrogens is 783 g/mol. The quantitative estimate of drug-likeness (QED) is 0.122. The average molecular weight is 826 g/mol. The minimum absolute atomic E-state index is 0.000140. The lowest BCUT2D eigenvalue weighted by atomic mass is 9.73. The number of likely N-dealkylation sites (tertiary alicyclic amines) is 1. The van der Waals surface area contributed by atoms with Gasteiger partial charge in [0.05, 0.1) is 28.5 Å². The van der Waals surface area contributed by atoms with Gasteiger partial charge in [-0.25, -0.2) is 4.98 Å². The number of carbonyl (C=O) groups excluding carboxylic acids is 3. The zero-order valence-corrected chi connectivity index (χ0v) is 32.1. The lowest BCUT2D eigenvalue weighted by molar-refractivity contribution is -0.144. The predicted octanol–water partition coefficient (Wildman–Crippen LogP) is 3.09. The second-order valence-electron chi connectivity index (χ2n) is 14.8. The van der Waals surface area contributed by atoms with Crippen molar-refractivity contribution in [1.82, 2.24) is 45.2 Å². The molecule has 16 nitrogen and oxygen atoms in total. The molecule has 7 N–H and O–H groups in total. The van der Waals surface area contributed by atoms with Crippen LogP contribution in [0.5, 0.6) is 0 Å². The van der Waals surface area contributed by atoms with E-state index in [2.05, 4.69) is 35.8 Å². The van der Waals surface area contributed by atoms with Gasteiger partial charge in [-0.3, -0.25) is 34.2 Å². The van der Waals surface area contributed by atoms with Gasteiger partial charge in [0.2, 0.25) is 5.91 Å². The fraction of sp³-hybridized carbons (Fsp3) is 0.447. The van der Waals surface area contributed by atoms with Crippen LogP contribution in [0.3, 0.4) is 0 Å². The van der Waals surface area contributed by atoms with Gasteiger partial charge >= 0.3 is 12.1 Å². The third-order valence-electron chi connectivity index (χ3n) is 11.1. The molecule has 0 radical (unpaired) electrons. The summed E-state index contributed by atoms with van der Waals surface area (Å²) in [5.41, 5.74) is 6.01. The largest absolute Gasteiger partial charge is 0.480 e. The number of benzene rings is 1. The molecule has 3 fully saturated rings. The number of aromatic amines is 2. The zero-order valence-electron chi connectivity index (χ0n) is 31.3. The highest BCUT2D eigenvalue weighted by Crippen LogP contribution is 2.37. The first-order chi connectivity index (χ1) is 27.8. The number of carbonyl (C=O) groups is 4. The molecule has 4 aromatic rings. The molecule has 0 saturated carbocycles. The molecular formula is C38H43ClF3N11O5. The minimum atomic E-state index is -4.76. The monoisotopic (exact) mass is 825 g/mol. The van der Waals surface area contributed by atoms with Crippen molar-refractivity contribution in [2.75, 3.05) is 64.2 Å². The van der Waals surface area contributed by atoms with Gasteiger partial charge in [-0.15, -0.1) is 0 Å². The Bertz CT molecular complexity index is 2140. The number of aromatic nitrogens is 5. The highest BCUT2D eigenvalue weighted by Gasteiger charge is 2.42. The van der Waals surface area contributed by atoms with E-state index in [1.165, 1.54) is 30.6 Å². The average Bonchev–Trinajstić information content (AvgIpc) is 3.84. The van der Waals surface area contributed by atoms with Crippen LogP contribution in [0.2, 0.25) is 5.02 Å². The number of H-pyrrole nitrogens is 2. The van der Waals surface area contributed by atoms with E-state index >= 15 is 0 Å². The molecule has 0 aliphatic carbocycles. The maximum absolute atomic E-state index is 13.9. The van der Waals surface area contributed by atoms with Crippen LogP contribution in [-0.2, 0) is 28.7 Å². The van der Waals surface area contributed by atoms with E-state index in [0.29, 0.717) is 44.8 Å². The Morgan fingerprint density at radius 2 is 1.69 bits per heavy atom. The van der Waals surface area contributed by atoms with Crippen LogP contribution in [0.25, 0.3) is 11.4 Å². The number of pyridine rings is 1. The summed E-state index contributed by atoms with van der Waals surface area (Å²) in [5, 5.41) is 21.1. The molecule has 58 heavy (non-hydrogen) atoms. The fourth-order valence-corrected chi connectivity index (χ4v) is 8.18. The molecule has 3 saturated heterocycles. The molecule has 1 unspecified atom stereocenters. The van der Waals surface area contributed by atoms with Gasteiger partial charge in [-0.1, -0.05) is 17.7 Å². The summed E-state index contributed by atoms with van der Waals surface area (Å²) in [5.74, 6) is -1.71. The molecule has 3 aromatic heterocycles. The van der Waals surface area contributed by atoms with E-state index in [1.807, 2.05) is 9.80 Å². The SMILES string of the molecule is NCc1ccc(-c2[nH]nc(C(F)(F)F)c2Cc2cnc(C(=O)Nc3ccc(C(=O)N4CCN(C(=O)C(C5CCN(CC(=O)O)CC5)C5CNC5)CC4)c(Cl)c3)[nH]2)nc1. The Balaban J connectivity index is 0.949. The number of alkyl halides is 3. The number of amides is 3. The molecule has 1 aromatic carbocycles. The number of anilines is 1. The number of aliphatic carboxylic acids is 1. The minimum Gasteiger partial charge on any atom is -0.480 e. The Kier molecular flexibility index (Phi) is 12.1. The number of carboxylic acids is 1. The first-order valence-corrected chi connectivity index (χ1v) is 19.3. The number of hydrogen-bond donors (Lipinski definition) is 6. The molecule has 6 heterocycles. The van der Waals surface area contributed by atoms with Crippen LogP contribution in [0, 0.1) is 17.8 Å². The number of nitrogens with two attached hydrogens (primary N) is 1. The van der Waals surface area contributed by atoms with Crippen molar-refractivity contribution in [3.8, 4) is 11.4 Å². The lowest BCUT2D eigenvalue weighted by Crippen LogP contribution is -2.58. The van der Waals surface area contributed by atoms with Gasteiger partial charge in [-0.05, 0) is 80.7 Å². The van der Waals surface area contributed by atoms with Gasteiger partial charge in [0, 0.05) is 74.4 Å². The van der Waals surface area contributed by atoms with E-state index in [1.54, 1.807) is 17.0 Å². The summed E-state index contributed by atoms with van der Waals surface area (Å²) in [4.78, 5) is 68.2. The molecule has 7 rings (SSSR count). The Morgan fingerprint density at radius 3 is 2.29 bits per heavy atom. The van der Waals surface area contributed by atoms with E-state index in [4.69, 9.17) is 22.4 Å². The smallest absolute Gasteiger partial charge is 0.435 e. The first-order valence-electron chi connectivity index (χ1n) is 19.0. The Morgan fingerprint density at radius 1 is 0.966 bits per heavy atom. The summed E-state index contributed by atoms with van der Waals surface area (Å²) in [6.45, 7) is 4.41. The molecule has 0 spiro atoms. The van der Waals surface area contributed by atoms with Crippen molar-refractivity contribution < 1.29 is 37.5 Å². The maximum Gasteiger partial charge on any atom is 0.435 e. The number of nitrogens with one attached hydrogen (secondary N) is 4. The molecule has 20 heteroatoms. The molecule has 3 amide bonds. The van der Waals surface area contributed by atoms with Crippen LogP contribution < -0.4 is 16.4 Å². The van der Waals surface area contributed by atoms with Crippen LogP contribution in [-0.4, -0.2) is 128 Å². The third kappa shape index (κ3) is 9.01. The Labute approximate surface area is 335 Å². The summed E-state index contributed by atoms with van der Waals surface area (Å²) in [6.07, 6.45) is -0.795. The molecule has 3 aliphatic rings. The van der Waals surface area contributed by atoms with Crippen LogP contribution >= 0.6 is 11.6 Å². The van der Waals surface area contributed by atoms with E-state index in [0.717, 1.165) is 25.9 Å². The number of carboxylic acid groups (broad SMARTS) is 1. The first kappa shape index (κ1) is 40.8. The number of piperazine rings is 1. The van der Waals surface area contributed by atoms with Gasteiger partial charge in [-0.2, -0.15) is 18.3 Å². The number of rotatable bonds is 12. The maximum atomic E-state index is 13.9. The number of imidazole rings is 1. The second kappa shape index (κ2) is 17.2. The number of halogens is 4. The number of hydrogen-bond acceptors (Lipinski definition) is 10. The van der Waals surface area contributed by atoms with Crippen molar-refractivity contribution in [1.29, 1.82) is 0 Å². The van der Waals surface area contributed by atoms with E-state index < -0.39 is 23.7 Å². The van der Waals surface area contributed by atoms with Gasteiger partial charge in [0.1, 0.15) is 0 Å². The van der Waals surface area contributed by atoms with Crippen molar-refractivity contribution in [2.45, 2.75) is 32.0 Å². The number of nitrogens with zero attached hydrogens (tertiary/aromatic N) is 6. The standard InChI is InChI=1S/C38H43ClF3N11O5/c39-28-14-24(48-35(56)34-46-19-25(47-34)13-27-32(49-50-33(27)38(40,41)42)29-4-1-21(15-43)16-45-29)2-3-26(28)36(57)52-9-11-53(12-10-52)37(58)31(23-17-44-18-23)22-5-7-51(8-6-22)20-30(54)55/h1-4,14,16,19,22-23,31,44H,5-13,15,17-18,20,43H2,(H,46,47)(H,48,56)(H,49,50)(H,54,55). The van der Waals surface area contributed by atoms with Crippen LogP contribution in [0.1, 0.15) is 56.3 Å². The van der Waals surface area contributed by atoms with Gasteiger partial charge in [0.15, 0.2) is 11.5 Å². The van der Waals surface area contributed by atoms with Crippen LogP contribution in [0.15, 0.2) is 42.7 Å². The molecule has 3 aliphatic heterocycles. The summed E-state index contributed by atoms with van der Waals surface area (Å²) < 4.78 is 41.8. The second-order valence-corrected chi connectivity index (χ2v) is 15.2. The van der Waals surface area contributed by atoms with E-state index in [9.17, 15) is 32.3 Å². The highest BCUT2D eigenvalue weighted by atomic mass is 35.5. The van der Waals surface area contributed by atoms with Crippen LogP contribution in [0.4, 0.5) is 18.9 Å². The van der Waals surface area contributed by atoms with Crippen molar-refractivity contribution >= 4 is 41.0 Å². The van der Waals surface area contributed by atoms with Crippen molar-refractivity contribution in [3.05, 3.63) is 81.7 Å². The molecule has 308 valence electrons. The zero-order chi connectivity index (χ0) is 41.1. The van der Waals surface area contributed by atoms with Crippen molar-refractivity contribution in [2.24, 2.45) is 23.5 Å². The predicted molar refractivity (Wildman–Crippen MR) is 205 cm³/mol. The normalized spacial score (nSPS) is 17.5. The van der Waals surface area contributed by atoms with Crippen molar-refractivity contribution in [3.63, 3.8) is 0 Å². The molecule has 0 bridgehead atoms.